The van der Waals surface area contributed by atoms with Crippen LogP contribution in [-0.4, -0.2) is 31.9 Å². The van der Waals surface area contributed by atoms with Crippen LogP contribution in [0.3, 0.4) is 0 Å². The van der Waals surface area contributed by atoms with Crippen LogP contribution in [0.4, 0.5) is 8.78 Å². The summed E-state index contributed by atoms with van der Waals surface area (Å²) >= 11 is 1.73. The molecule has 1 fully saturated rings. The first-order valence-electron chi connectivity index (χ1n) is 11.3. The number of halogens is 2. The van der Waals surface area contributed by atoms with Crippen LogP contribution in [0, 0.1) is 23.1 Å². The van der Waals surface area contributed by atoms with Crippen molar-refractivity contribution >= 4 is 19.4 Å². The van der Waals surface area contributed by atoms with Crippen molar-refractivity contribution in [2.45, 2.75) is 75.9 Å². The highest BCUT2D eigenvalue weighted by Crippen LogP contribution is 2.40. The normalized spacial score (nSPS) is 18.0. The number of hydrogen-bond donors (Lipinski definition) is 3. The standard InChI is InChI=1S/C25H34F2N2OSSi/c1-32(2,3)10-7-18-14-24(31-17-18)25(8-5-4-6-9-25)29-16-23(30)22(28)13-19-11-20(26)15-21(27)12-19/h11-12,14-15,17,22-23,29-30H,4-6,8-9,13,16,28H2,1-3H3/t22-,23+/m0/s1. The molecule has 4 N–H and O–H groups in total. The number of aliphatic hydroxyl groups excluding tert-OH is 1. The van der Waals surface area contributed by atoms with E-state index in [1.54, 1.807) is 11.3 Å². The second-order valence-electron chi connectivity index (χ2n) is 9.94. The Balaban J connectivity index is 1.69. The Hall–Kier alpha value is -1.56. The molecule has 0 amide bonds. The van der Waals surface area contributed by atoms with Crippen LogP contribution in [-0.2, 0) is 12.0 Å². The highest BCUT2D eigenvalue weighted by molar-refractivity contribution is 7.10. The van der Waals surface area contributed by atoms with Crippen molar-refractivity contribution in [3.05, 3.63) is 57.3 Å². The summed E-state index contributed by atoms with van der Waals surface area (Å²) in [6.07, 6.45) is 4.87. The van der Waals surface area contributed by atoms with Gasteiger partial charge in [-0.2, -0.15) is 0 Å². The molecule has 0 spiro atoms. The van der Waals surface area contributed by atoms with Crippen LogP contribution in [0.15, 0.2) is 29.6 Å². The van der Waals surface area contributed by atoms with Gasteiger partial charge in [0.25, 0.3) is 0 Å². The van der Waals surface area contributed by atoms with E-state index in [0.717, 1.165) is 37.3 Å². The summed E-state index contributed by atoms with van der Waals surface area (Å²) in [4.78, 5) is 1.25. The Morgan fingerprint density at radius 3 is 2.41 bits per heavy atom. The fourth-order valence-electron chi connectivity index (χ4n) is 4.17. The van der Waals surface area contributed by atoms with Crippen LogP contribution in [0.1, 0.15) is 48.1 Å². The summed E-state index contributed by atoms with van der Waals surface area (Å²) in [6.45, 7) is 7.04. The van der Waals surface area contributed by atoms with Crippen molar-refractivity contribution in [2.75, 3.05) is 6.54 Å². The zero-order chi connectivity index (χ0) is 23.4. The third-order valence-electron chi connectivity index (χ3n) is 5.90. The molecule has 3 nitrogen and oxygen atoms in total. The fourth-order valence-corrected chi connectivity index (χ4v) is 5.76. The second kappa shape index (κ2) is 10.6. The lowest BCUT2D eigenvalue weighted by molar-refractivity contribution is 0.117. The first kappa shape index (κ1) is 25.1. The zero-order valence-electron chi connectivity index (χ0n) is 19.2. The molecule has 2 aromatic rings. The van der Waals surface area contributed by atoms with Gasteiger partial charge in [-0.3, -0.25) is 0 Å². The molecule has 2 atom stereocenters. The minimum atomic E-state index is -1.44. The number of hydrogen-bond acceptors (Lipinski definition) is 4. The van der Waals surface area contributed by atoms with Crippen molar-refractivity contribution in [3.63, 3.8) is 0 Å². The van der Waals surface area contributed by atoms with Crippen molar-refractivity contribution in [3.8, 4) is 11.5 Å². The summed E-state index contributed by atoms with van der Waals surface area (Å²) in [6, 6.07) is 4.94. The molecule has 0 unspecified atom stereocenters. The van der Waals surface area contributed by atoms with Crippen LogP contribution < -0.4 is 11.1 Å². The first-order valence-corrected chi connectivity index (χ1v) is 15.7. The second-order valence-corrected chi connectivity index (χ2v) is 15.6. The number of benzene rings is 1. The average Bonchev–Trinajstić information content (AvgIpc) is 3.20. The van der Waals surface area contributed by atoms with Gasteiger partial charge in [0.1, 0.15) is 19.7 Å². The Morgan fingerprint density at radius 1 is 1.12 bits per heavy atom. The Labute approximate surface area is 195 Å². The molecular formula is C25H34F2N2OSSi. The van der Waals surface area contributed by atoms with E-state index < -0.39 is 31.9 Å². The molecular weight excluding hydrogens is 442 g/mol. The van der Waals surface area contributed by atoms with Gasteiger partial charge in [-0.25, -0.2) is 8.78 Å². The first-order chi connectivity index (χ1) is 15.1. The van der Waals surface area contributed by atoms with E-state index in [1.807, 2.05) is 0 Å². The van der Waals surface area contributed by atoms with Gasteiger partial charge in [0.2, 0.25) is 0 Å². The Morgan fingerprint density at radius 2 is 1.78 bits per heavy atom. The van der Waals surface area contributed by atoms with E-state index in [9.17, 15) is 13.9 Å². The SMILES string of the molecule is C[Si](C)(C)C#Cc1csc(C2(NC[C@@H](O)[C@@H](N)Cc3cc(F)cc(F)c3)CCCCC2)c1. The van der Waals surface area contributed by atoms with Gasteiger partial charge < -0.3 is 16.2 Å². The number of rotatable bonds is 7. The van der Waals surface area contributed by atoms with Gasteiger partial charge in [0, 0.05) is 34.5 Å². The minimum Gasteiger partial charge on any atom is -0.390 e. The maximum absolute atomic E-state index is 13.5. The molecule has 1 aliphatic carbocycles. The summed E-state index contributed by atoms with van der Waals surface area (Å²) < 4.78 is 26.9. The number of nitrogens with one attached hydrogen (secondary N) is 1. The van der Waals surface area contributed by atoms with Crippen molar-refractivity contribution in [2.24, 2.45) is 5.73 Å². The van der Waals surface area contributed by atoms with E-state index in [1.165, 1.54) is 23.4 Å². The van der Waals surface area contributed by atoms with Gasteiger partial charge in [-0.15, -0.1) is 16.9 Å². The quantitative estimate of drug-likeness (QED) is 0.392. The van der Waals surface area contributed by atoms with Crippen LogP contribution in [0.2, 0.25) is 19.6 Å². The van der Waals surface area contributed by atoms with E-state index >= 15 is 0 Å². The van der Waals surface area contributed by atoms with Gasteiger partial charge >= 0.3 is 0 Å². The summed E-state index contributed by atoms with van der Waals surface area (Å²) in [5, 5.41) is 16.4. The third-order valence-corrected chi connectivity index (χ3v) is 7.91. The van der Waals surface area contributed by atoms with Gasteiger partial charge in [0.15, 0.2) is 0 Å². The predicted molar refractivity (Wildman–Crippen MR) is 131 cm³/mol. The highest BCUT2D eigenvalue weighted by atomic mass is 32.1. The number of aliphatic hydroxyl groups is 1. The monoisotopic (exact) mass is 476 g/mol. The summed E-state index contributed by atoms with van der Waals surface area (Å²) in [7, 11) is -1.44. The summed E-state index contributed by atoms with van der Waals surface area (Å²) in [5.41, 5.74) is 10.9. The topological polar surface area (TPSA) is 58.3 Å². The van der Waals surface area contributed by atoms with Crippen molar-refractivity contribution < 1.29 is 13.9 Å². The number of thiophene rings is 1. The predicted octanol–water partition coefficient (Wildman–Crippen LogP) is 4.94. The lowest BCUT2D eigenvalue weighted by Gasteiger charge is -2.39. The Bertz CT molecular complexity index is 950. The van der Waals surface area contributed by atoms with Gasteiger partial charge in [-0.05, 0) is 43.0 Å². The minimum absolute atomic E-state index is 0.187. The van der Waals surface area contributed by atoms with Crippen molar-refractivity contribution in [1.29, 1.82) is 0 Å². The van der Waals surface area contributed by atoms with Gasteiger partial charge in [-0.1, -0.05) is 44.8 Å². The van der Waals surface area contributed by atoms with E-state index in [4.69, 9.17) is 5.73 Å². The summed E-state index contributed by atoms with van der Waals surface area (Å²) in [5.74, 6) is 2.08. The van der Waals surface area contributed by atoms with Crippen LogP contribution in [0.5, 0.6) is 0 Å². The van der Waals surface area contributed by atoms with E-state index in [2.05, 4.69) is 47.9 Å². The molecule has 1 aliphatic rings. The van der Waals surface area contributed by atoms with Crippen LogP contribution >= 0.6 is 11.3 Å². The molecule has 7 heteroatoms. The van der Waals surface area contributed by atoms with Gasteiger partial charge in [0.05, 0.1) is 11.6 Å². The largest absolute Gasteiger partial charge is 0.390 e. The van der Waals surface area contributed by atoms with Crippen LogP contribution in [0.25, 0.3) is 0 Å². The smallest absolute Gasteiger partial charge is 0.129 e. The third kappa shape index (κ3) is 6.97. The molecule has 3 rings (SSSR count). The Kier molecular flexibility index (Phi) is 8.29. The lowest BCUT2D eigenvalue weighted by atomic mass is 9.80. The molecule has 1 saturated carbocycles. The lowest BCUT2D eigenvalue weighted by Crippen LogP contribution is -2.50. The molecule has 1 aromatic heterocycles. The molecule has 174 valence electrons. The molecule has 1 heterocycles. The molecule has 0 saturated heterocycles. The van der Waals surface area contributed by atoms with E-state index in [0.29, 0.717) is 12.1 Å². The maximum Gasteiger partial charge on any atom is 0.129 e. The average molecular weight is 477 g/mol. The fraction of sp³-hybridized carbons (Fsp3) is 0.520. The molecule has 32 heavy (non-hydrogen) atoms. The van der Waals surface area contributed by atoms with Crippen molar-refractivity contribution in [1.82, 2.24) is 5.32 Å². The molecule has 0 aliphatic heterocycles. The zero-order valence-corrected chi connectivity index (χ0v) is 21.0. The maximum atomic E-state index is 13.5. The number of nitrogens with two attached hydrogens (primary N) is 1. The highest BCUT2D eigenvalue weighted by Gasteiger charge is 2.35. The molecule has 1 aromatic carbocycles. The molecule has 0 bridgehead atoms. The van der Waals surface area contributed by atoms with E-state index in [-0.39, 0.29) is 12.0 Å². The molecule has 0 radical (unpaired) electrons.